The van der Waals surface area contributed by atoms with Crippen LogP contribution in [0.5, 0.6) is 0 Å². The van der Waals surface area contributed by atoms with E-state index in [1.807, 2.05) is 19.9 Å². The Balaban J connectivity index is 2.32. The number of fused-ring (bicyclic) bond motifs is 1. The lowest BCUT2D eigenvalue weighted by Crippen LogP contribution is -2.07. The van der Waals surface area contributed by atoms with Crippen LogP contribution in [0.25, 0.3) is 22.0 Å². The Morgan fingerprint density at radius 3 is 2.45 bits per heavy atom. The van der Waals surface area contributed by atoms with E-state index in [1.165, 1.54) is 12.1 Å². The van der Waals surface area contributed by atoms with Crippen LogP contribution < -0.4 is 0 Å². The molecule has 22 heavy (non-hydrogen) atoms. The van der Waals surface area contributed by atoms with Gasteiger partial charge in [0.1, 0.15) is 0 Å². The largest absolute Gasteiger partial charge is 0.417 e. The highest BCUT2D eigenvalue weighted by atomic mass is 19.4. The minimum Gasteiger partial charge on any atom is -0.278 e. The lowest BCUT2D eigenvalue weighted by Gasteiger charge is -2.18. The summed E-state index contributed by atoms with van der Waals surface area (Å²) in [5, 5.41) is 7.63. The van der Waals surface area contributed by atoms with Crippen LogP contribution in [0.2, 0.25) is 0 Å². The molecule has 2 aromatic carbocycles. The molecule has 0 aliphatic heterocycles. The molecule has 0 saturated carbocycles. The zero-order valence-electron chi connectivity index (χ0n) is 12.2. The van der Waals surface area contributed by atoms with E-state index >= 15 is 0 Å². The maximum absolute atomic E-state index is 13.3. The molecule has 0 saturated heterocycles. The molecule has 3 rings (SSSR count). The number of rotatable bonds is 2. The normalized spacial score (nSPS) is 12.3. The molecule has 0 fully saturated rings. The number of hydrogen-bond acceptors (Lipinski definition) is 1. The smallest absolute Gasteiger partial charge is 0.278 e. The summed E-state index contributed by atoms with van der Waals surface area (Å²) in [5.74, 6) is 0.101. The fourth-order valence-corrected chi connectivity index (χ4v) is 2.68. The van der Waals surface area contributed by atoms with E-state index in [4.69, 9.17) is 0 Å². The fourth-order valence-electron chi connectivity index (χ4n) is 2.68. The molecule has 0 unspecified atom stereocenters. The van der Waals surface area contributed by atoms with Gasteiger partial charge in [-0.25, -0.2) is 0 Å². The summed E-state index contributed by atoms with van der Waals surface area (Å²) < 4.78 is 39.9. The van der Waals surface area contributed by atoms with Gasteiger partial charge in [-0.2, -0.15) is 18.3 Å². The van der Waals surface area contributed by atoms with Crippen LogP contribution in [0.4, 0.5) is 13.2 Å². The van der Waals surface area contributed by atoms with Crippen molar-refractivity contribution in [3.63, 3.8) is 0 Å². The Hall–Kier alpha value is -2.30. The molecular formula is C17H15F3N2. The summed E-state index contributed by atoms with van der Waals surface area (Å²) in [4.78, 5) is 0. The quantitative estimate of drug-likeness (QED) is 0.677. The SMILES string of the molecule is CC(C)c1cc2[nH]ncc2cc1-c1ccccc1C(F)(F)F. The highest BCUT2D eigenvalue weighted by molar-refractivity contribution is 5.87. The maximum atomic E-state index is 13.3. The second-order valence-corrected chi connectivity index (χ2v) is 5.59. The third kappa shape index (κ3) is 2.47. The number of halogens is 3. The molecule has 0 aliphatic carbocycles. The van der Waals surface area contributed by atoms with Gasteiger partial charge in [-0.05, 0) is 40.8 Å². The number of aromatic nitrogens is 2. The second-order valence-electron chi connectivity index (χ2n) is 5.59. The Kier molecular flexibility index (Phi) is 3.43. The number of benzene rings is 2. The summed E-state index contributed by atoms with van der Waals surface area (Å²) in [6.45, 7) is 3.94. The van der Waals surface area contributed by atoms with E-state index in [0.717, 1.165) is 22.5 Å². The van der Waals surface area contributed by atoms with Crippen molar-refractivity contribution in [3.8, 4) is 11.1 Å². The topological polar surface area (TPSA) is 28.7 Å². The van der Waals surface area contributed by atoms with Gasteiger partial charge in [0.05, 0.1) is 17.3 Å². The van der Waals surface area contributed by atoms with Crippen molar-refractivity contribution in [1.82, 2.24) is 10.2 Å². The summed E-state index contributed by atoms with van der Waals surface area (Å²) in [7, 11) is 0. The monoisotopic (exact) mass is 304 g/mol. The third-order valence-corrected chi connectivity index (χ3v) is 3.75. The molecule has 0 aliphatic rings. The number of aromatic amines is 1. The minimum absolute atomic E-state index is 0.101. The maximum Gasteiger partial charge on any atom is 0.417 e. The molecule has 5 heteroatoms. The van der Waals surface area contributed by atoms with E-state index in [2.05, 4.69) is 10.2 Å². The Morgan fingerprint density at radius 1 is 1.05 bits per heavy atom. The molecule has 114 valence electrons. The average Bonchev–Trinajstić information content (AvgIpc) is 2.92. The Bertz CT molecular complexity index is 816. The number of nitrogens with one attached hydrogen (secondary N) is 1. The van der Waals surface area contributed by atoms with Crippen LogP contribution in [0.1, 0.15) is 30.9 Å². The van der Waals surface area contributed by atoms with Gasteiger partial charge in [0.25, 0.3) is 0 Å². The molecule has 1 heterocycles. The molecule has 0 radical (unpaired) electrons. The molecule has 1 N–H and O–H groups in total. The van der Waals surface area contributed by atoms with Crippen LogP contribution in [-0.2, 0) is 6.18 Å². The number of alkyl halides is 3. The van der Waals surface area contributed by atoms with E-state index in [0.29, 0.717) is 5.56 Å². The summed E-state index contributed by atoms with van der Waals surface area (Å²) in [5.41, 5.74) is 1.91. The van der Waals surface area contributed by atoms with Gasteiger partial charge in [0.2, 0.25) is 0 Å². The van der Waals surface area contributed by atoms with Crippen molar-refractivity contribution in [2.24, 2.45) is 0 Å². The summed E-state index contributed by atoms with van der Waals surface area (Å²) in [6.07, 6.45) is -2.75. The molecular weight excluding hydrogens is 289 g/mol. The summed E-state index contributed by atoms with van der Waals surface area (Å²) in [6, 6.07) is 9.36. The molecule has 2 nitrogen and oxygen atoms in total. The Labute approximate surface area is 126 Å². The fraction of sp³-hybridized carbons (Fsp3) is 0.235. The van der Waals surface area contributed by atoms with Crippen molar-refractivity contribution >= 4 is 10.9 Å². The van der Waals surface area contributed by atoms with Gasteiger partial charge in [-0.15, -0.1) is 0 Å². The Morgan fingerprint density at radius 2 is 1.77 bits per heavy atom. The predicted octanol–water partition coefficient (Wildman–Crippen LogP) is 5.37. The average molecular weight is 304 g/mol. The first-order valence-electron chi connectivity index (χ1n) is 7.01. The van der Waals surface area contributed by atoms with Crippen molar-refractivity contribution < 1.29 is 13.2 Å². The van der Waals surface area contributed by atoms with Crippen LogP contribution in [0.3, 0.4) is 0 Å². The minimum atomic E-state index is -4.38. The van der Waals surface area contributed by atoms with Crippen molar-refractivity contribution in [1.29, 1.82) is 0 Å². The highest BCUT2D eigenvalue weighted by Gasteiger charge is 2.33. The van der Waals surface area contributed by atoms with Gasteiger partial charge in [0.15, 0.2) is 0 Å². The standard InChI is InChI=1S/C17H15F3N2/c1-10(2)13-8-16-11(9-21-22-16)7-14(13)12-5-3-4-6-15(12)17(18,19)20/h3-10H,1-2H3,(H,21,22). The lowest BCUT2D eigenvalue weighted by molar-refractivity contribution is -0.137. The van der Waals surface area contributed by atoms with Gasteiger partial charge in [0, 0.05) is 5.39 Å². The van der Waals surface area contributed by atoms with E-state index < -0.39 is 11.7 Å². The molecule has 0 bridgehead atoms. The molecule has 3 aromatic rings. The molecule has 0 amide bonds. The van der Waals surface area contributed by atoms with Crippen LogP contribution >= 0.6 is 0 Å². The zero-order chi connectivity index (χ0) is 15.9. The summed E-state index contributed by atoms with van der Waals surface area (Å²) >= 11 is 0. The van der Waals surface area contributed by atoms with Crippen molar-refractivity contribution in [3.05, 3.63) is 53.7 Å². The third-order valence-electron chi connectivity index (χ3n) is 3.75. The van der Waals surface area contributed by atoms with Gasteiger partial charge < -0.3 is 0 Å². The highest BCUT2D eigenvalue weighted by Crippen LogP contribution is 2.40. The number of hydrogen-bond donors (Lipinski definition) is 1. The van der Waals surface area contributed by atoms with E-state index in [-0.39, 0.29) is 11.5 Å². The van der Waals surface area contributed by atoms with Crippen LogP contribution in [0.15, 0.2) is 42.6 Å². The molecule has 0 atom stereocenters. The van der Waals surface area contributed by atoms with Crippen molar-refractivity contribution in [2.45, 2.75) is 25.9 Å². The zero-order valence-corrected chi connectivity index (χ0v) is 12.2. The number of nitrogens with zero attached hydrogens (tertiary/aromatic N) is 1. The first-order chi connectivity index (χ1) is 10.4. The van der Waals surface area contributed by atoms with Gasteiger partial charge in [-0.3, -0.25) is 5.10 Å². The van der Waals surface area contributed by atoms with Crippen LogP contribution in [0, 0.1) is 0 Å². The van der Waals surface area contributed by atoms with E-state index in [1.54, 1.807) is 18.3 Å². The first-order valence-corrected chi connectivity index (χ1v) is 7.01. The lowest BCUT2D eigenvalue weighted by atomic mass is 9.89. The first kappa shape index (κ1) is 14.6. The number of H-pyrrole nitrogens is 1. The molecule has 1 aromatic heterocycles. The van der Waals surface area contributed by atoms with Crippen molar-refractivity contribution in [2.75, 3.05) is 0 Å². The predicted molar refractivity (Wildman–Crippen MR) is 80.6 cm³/mol. The molecule has 0 spiro atoms. The van der Waals surface area contributed by atoms with Crippen LogP contribution in [-0.4, -0.2) is 10.2 Å². The van der Waals surface area contributed by atoms with E-state index in [9.17, 15) is 13.2 Å². The van der Waals surface area contributed by atoms with Gasteiger partial charge in [-0.1, -0.05) is 32.0 Å². The van der Waals surface area contributed by atoms with Gasteiger partial charge >= 0.3 is 6.18 Å². The second kappa shape index (κ2) is 5.16.